The van der Waals surface area contributed by atoms with E-state index in [1.54, 1.807) is 10.7 Å². The summed E-state index contributed by atoms with van der Waals surface area (Å²) in [6.45, 7) is 4.91. The Morgan fingerprint density at radius 1 is 1.18 bits per heavy atom. The lowest BCUT2D eigenvalue weighted by molar-refractivity contribution is 0.137. The second-order valence-corrected chi connectivity index (χ2v) is 9.72. The highest BCUT2D eigenvalue weighted by Crippen LogP contribution is 2.41. The molecule has 2 aliphatic rings. The number of aromatic nitrogens is 4. The van der Waals surface area contributed by atoms with Crippen molar-refractivity contribution in [3.63, 3.8) is 0 Å². The first-order valence-electron chi connectivity index (χ1n) is 11.5. The molecule has 0 bridgehead atoms. The Labute approximate surface area is 198 Å². The van der Waals surface area contributed by atoms with Crippen LogP contribution in [0.2, 0.25) is 0 Å². The number of rotatable bonds is 4. The summed E-state index contributed by atoms with van der Waals surface area (Å²) < 4.78 is 1.76. The van der Waals surface area contributed by atoms with E-state index >= 15 is 0 Å². The van der Waals surface area contributed by atoms with Gasteiger partial charge in [-0.05, 0) is 41.8 Å². The van der Waals surface area contributed by atoms with Crippen LogP contribution in [0.4, 0.5) is 34.5 Å². The lowest BCUT2D eigenvalue weighted by atomic mass is 9.85. The van der Waals surface area contributed by atoms with Crippen molar-refractivity contribution in [2.24, 2.45) is 0 Å². The third-order valence-electron chi connectivity index (χ3n) is 6.92. The van der Waals surface area contributed by atoms with Crippen molar-refractivity contribution in [1.82, 2.24) is 19.6 Å². The van der Waals surface area contributed by atoms with Crippen molar-refractivity contribution < 1.29 is 5.11 Å². The summed E-state index contributed by atoms with van der Waals surface area (Å²) in [7, 11) is 4.10. The Balaban J connectivity index is 1.33. The Morgan fingerprint density at radius 2 is 2.03 bits per heavy atom. The molecule has 4 aromatic rings. The van der Waals surface area contributed by atoms with Crippen LogP contribution in [0.5, 0.6) is 0 Å². The maximum Gasteiger partial charge on any atom is 0.247 e. The molecule has 174 valence electrons. The van der Waals surface area contributed by atoms with Crippen molar-refractivity contribution in [1.29, 1.82) is 0 Å². The number of fused-ring (bicyclic) bond motifs is 3. The summed E-state index contributed by atoms with van der Waals surface area (Å²) in [5.74, 6) is 1.28. The summed E-state index contributed by atoms with van der Waals surface area (Å²) in [5, 5.41) is 21.4. The van der Waals surface area contributed by atoms with Crippen LogP contribution in [0.15, 0.2) is 48.8 Å². The van der Waals surface area contributed by atoms with Crippen molar-refractivity contribution in [3.8, 4) is 0 Å². The minimum absolute atomic E-state index is 0.339. The second kappa shape index (κ2) is 7.33. The summed E-state index contributed by atoms with van der Waals surface area (Å²) in [6, 6.07) is 12.6. The molecule has 2 aromatic carbocycles. The molecule has 3 N–H and O–H groups in total. The van der Waals surface area contributed by atoms with Gasteiger partial charge in [0.15, 0.2) is 5.82 Å². The van der Waals surface area contributed by atoms with Gasteiger partial charge in [0.25, 0.3) is 0 Å². The number of aliphatic hydroxyl groups is 1. The molecular weight excluding hydrogens is 428 g/mol. The number of anilines is 6. The van der Waals surface area contributed by atoms with Crippen LogP contribution in [-0.4, -0.2) is 51.6 Å². The topological polar surface area (TPSA) is 93.9 Å². The van der Waals surface area contributed by atoms with Gasteiger partial charge in [-0.15, -0.1) is 5.10 Å². The first-order valence-corrected chi connectivity index (χ1v) is 11.5. The predicted molar refractivity (Wildman–Crippen MR) is 135 cm³/mol. The number of nitrogens with one attached hydrogen (secondary N) is 2. The molecule has 0 aliphatic carbocycles. The van der Waals surface area contributed by atoms with Gasteiger partial charge in [-0.1, -0.05) is 26.0 Å². The van der Waals surface area contributed by atoms with E-state index in [1.165, 1.54) is 5.56 Å². The van der Waals surface area contributed by atoms with E-state index in [9.17, 15) is 5.11 Å². The Morgan fingerprint density at radius 3 is 2.85 bits per heavy atom. The Kier molecular flexibility index (Phi) is 4.47. The average molecular weight is 457 g/mol. The van der Waals surface area contributed by atoms with Crippen LogP contribution in [-0.2, 0) is 11.8 Å². The lowest BCUT2D eigenvalue weighted by Gasteiger charge is -2.22. The molecule has 0 amide bonds. The van der Waals surface area contributed by atoms with Gasteiger partial charge in [0, 0.05) is 61.2 Å². The van der Waals surface area contributed by atoms with E-state index < -0.39 is 6.23 Å². The van der Waals surface area contributed by atoms with Crippen LogP contribution >= 0.6 is 0 Å². The summed E-state index contributed by atoms with van der Waals surface area (Å²) in [5.41, 5.74) is 6.84. The number of aliphatic hydroxyl groups excluding tert-OH is 1. The highest BCUT2D eigenvalue weighted by atomic mass is 16.3. The van der Waals surface area contributed by atoms with Gasteiger partial charge in [-0.25, -0.2) is 9.50 Å². The second-order valence-electron chi connectivity index (χ2n) is 9.72. The SMILES string of the molecule is CN(C)c1ccc2c(c1)N(c1nccn3nc(Nc4ccc5c(c4)NC(O)C5(C)C)nc13)CC2. The van der Waals surface area contributed by atoms with E-state index in [4.69, 9.17) is 4.98 Å². The van der Waals surface area contributed by atoms with Gasteiger partial charge in [-0.3, -0.25) is 0 Å². The van der Waals surface area contributed by atoms with Crippen LogP contribution in [0.1, 0.15) is 25.0 Å². The zero-order valence-corrected chi connectivity index (χ0v) is 19.7. The minimum atomic E-state index is -0.615. The molecule has 9 nitrogen and oxygen atoms in total. The molecule has 1 atom stereocenters. The van der Waals surface area contributed by atoms with Crippen LogP contribution < -0.4 is 20.4 Å². The smallest absolute Gasteiger partial charge is 0.247 e. The molecule has 9 heteroatoms. The minimum Gasteiger partial charge on any atom is -0.378 e. The third-order valence-corrected chi connectivity index (χ3v) is 6.92. The molecule has 0 saturated carbocycles. The van der Waals surface area contributed by atoms with Crippen molar-refractivity contribution >= 4 is 40.2 Å². The lowest BCUT2D eigenvalue weighted by Crippen LogP contribution is -2.32. The highest BCUT2D eigenvalue weighted by molar-refractivity contribution is 5.79. The standard InChI is InChI=1S/C25H28N8O/c1-25(2)18-8-6-16(13-19(18)28-23(25)34)27-24-29-22-21(26-10-12-33(22)30-24)32-11-9-15-5-7-17(31(3)4)14-20(15)32/h5-8,10,12-14,23,28,34H,9,11H2,1-4H3,(H,27,30). The largest absolute Gasteiger partial charge is 0.378 e. The monoisotopic (exact) mass is 456 g/mol. The quantitative estimate of drug-likeness (QED) is 0.429. The van der Waals surface area contributed by atoms with Crippen LogP contribution in [0.3, 0.4) is 0 Å². The molecule has 0 saturated heterocycles. The zero-order valence-electron chi connectivity index (χ0n) is 19.7. The van der Waals surface area contributed by atoms with Crippen molar-refractivity contribution in [2.75, 3.05) is 41.1 Å². The van der Waals surface area contributed by atoms with E-state index in [2.05, 4.69) is 48.7 Å². The summed E-state index contributed by atoms with van der Waals surface area (Å²) >= 11 is 0. The molecule has 4 heterocycles. The van der Waals surface area contributed by atoms with Gasteiger partial charge in [-0.2, -0.15) is 4.98 Å². The number of nitrogens with zero attached hydrogens (tertiary/aromatic N) is 6. The molecule has 2 aliphatic heterocycles. The first-order chi connectivity index (χ1) is 16.3. The third kappa shape index (κ3) is 3.15. The van der Waals surface area contributed by atoms with Gasteiger partial charge < -0.3 is 25.5 Å². The fraction of sp³-hybridized carbons (Fsp3) is 0.320. The normalized spacial score (nSPS) is 18.0. The van der Waals surface area contributed by atoms with E-state index in [0.717, 1.165) is 47.1 Å². The summed E-state index contributed by atoms with van der Waals surface area (Å²) in [4.78, 5) is 13.8. The van der Waals surface area contributed by atoms with Crippen LogP contribution in [0.25, 0.3) is 5.65 Å². The summed E-state index contributed by atoms with van der Waals surface area (Å²) in [6.07, 6.45) is 3.93. The highest BCUT2D eigenvalue weighted by Gasteiger charge is 2.38. The van der Waals surface area contributed by atoms with E-state index in [-0.39, 0.29) is 5.41 Å². The van der Waals surface area contributed by atoms with Gasteiger partial charge >= 0.3 is 0 Å². The van der Waals surface area contributed by atoms with Crippen LogP contribution in [0, 0.1) is 0 Å². The maximum atomic E-state index is 10.3. The van der Waals surface area contributed by atoms with Gasteiger partial charge in [0.05, 0.1) is 0 Å². The fourth-order valence-corrected chi connectivity index (χ4v) is 4.82. The van der Waals surface area contributed by atoms with Gasteiger partial charge in [0.2, 0.25) is 11.6 Å². The molecule has 0 radical (unpaired) electrons. The van der Waals surface area contributed by atoms with E-state index in [0.29, 0.717) is 11.6 Å². The van der Waals surface area contributed by atoms with E-state index in [1.807, 2.05) is 52.3 Å². The average Bonchev–Trinajstić information content (AvgIpc) is 3.47. The number of hydrogen-bond acceptors (Lipinski definition) is 8. The Hall–Kier alpha value is -3.85. The first kappa shape index (κ1) is 20.7. The predicted octanol–water partition coefficient (Wildman–Crippen LogP) is 3.65. The fourth-order valence-electron chi connectivity index (χ4n) is 4.82. The molecule has 0 spiro atoms. The molecule has 2 aromatic heterocycles. The van der Waals surface area contributed by atoms with Gasteiger partial charge in [0.1, 0.15) is 6.23 Å². The van der Waals surface area contributed by atoms with Crippen molar-refractivity contribution in [2.45, 2.75) is 31.9 Å². The number of benzene rings is 2. The molecular formula is C25H28N8O. The molecule has 0 fully saturated rings. The van der Waals surface area contributed by atoms with Crippen molar-refractivity contribution in [3.05, 3.63) is 59.9 Å². The molecule has 1 unspecified atom stereocenters. The number of hydrogen-bond donors (Lipinski definition) is 3. The molecule has 6 rings (SSSR count). The zero-order chi connectivity index (χ0) is 23.6. The maximum absolute atomic E-state index is 10.3. The Bertz CT molecular complexity index is 1410. The molecule has 34 heavy (non-hydrogen) atoms.